The van der Waals surface area contributed by atoms with Crippen LogP contribution in [0.1, 0.15) is 39.2 Å². The quantitative estimate of drug-likeness (QED) is 0.666. The highest BCUT2D eigenvalue weighted by Gasteiger charge is 2.17. The molecule has 0 fully saturated rings. The summed E-state index contributed by atoms with van der Waals surface area (Å²) in [7, 11) is 0. The van der Waals surface area contributed by atoms with E-state index in [1.165, 1.54) is 5.56 Å². The number of hydrogen-bond acceptors (Lipinski definition) is 3. The van der Waals surface area contributed by atoms with Crippen molar-refractivity contribution in [1.29, 1.82) is 0 Å². The van der Waals surface area contributed by atoms with Gasteiger partial charge in [-0.15, -0.1) is 0 Å². The minimum Gasteiger partial charge on any atom is -0.487 e. The van der Waals surface area contributed by atoms with Crippen molar-refractivity contribution in [3.05, 3.63) is 66.2 Å². The van der Waals surface area contributed by atoms with Crippen LogP contribution in [0.25, 0.3) is 0 Å². The molecule has 1 N–H and O–H groups in total. The molecule has 1 atom stereocenters. The Morgan fingerprint density at radius 2 is 1.73 bits per heavy atom. The molecule has 4 nitrogen and oxygen atoms in total. The third-order valence-electron chi connectivity index (χ3n) is 3.85. The second-order valence-electron chi connectivity index (χ2n) is 6.72. The van der Waals surface area contributed by atoms with E-state index in [1.807, 2.05) is 49.4 Å². The van der Waals surface area contributed by atoms with Gasteiger partial charge in [-0.25, -0.2) is 0 Å². The van der Waals surface area contributed by atoms with Crippen molar-refractivity contribution >= 4 is 11.6 Å². The molecule has 0 aliphatic heterocycles. The number of amides is 1. The normalized spacial score (nSPS) is 11.7. The van der Waals surface area contributed by atoms with Gasteiger partial charge >= 0.3 is 0 Å². The number of carbonyl (C=O) groups is 1. The molecular weight excluding hydrogens is 326 g/mol. The van der Waals surface area contributed by atoms with Gasteiger partial charge in [0, 0.05) is 0 Å². The summed E-state index contributed by atoms with van der Waals surface area (Å²) in [6.45, 7) is 12.1. The lowest BCUT2D eigenvalue weighted by Crippen LogP contribution is -2.30. The zero-order chi connectivity index (χ0) is 19.1. The summed E-state index contributed by atoms with van der Waals surface area (Å²) in [5.74, 6) is 1.51. The molecule has 0 aromatic heterocycles. The summed E-state index contributed by atoms with van der Waals surface area (Å²) in [5, 5.41) is 2.87. The Morgan fingerprint density at radius 1 is 1.08 bits per heavy atom. The number of benzene rings is 2. The zero-order valence-electron chi connectivity index (χ0n) is 15.9. The Bertz CT molecular complexity index is 750. The highest BCUT2D eigenvalue weighted by molar-refractivity contribution is 5.95. The molecule has 138 valence electrons. The predicted molar refractivity (Wildman–Crippen MR) is 106 cm³/mol. The summed E-state index contributed by atoms with van der Waals surface area (Å²) in [5.41, 5.74) is 2.76. The monoisotopic (exact) mass is 353 g/mol. The van der Waals surface area contributed by atoms with Crippen LogP contribution in [0.4, 0.5) is 5.69 Å². The van der Waals surface area contributed by atoms with Gasteiger partial charge in [-0.3, -0.25) is 4.79 Å². The Balaban J connectivity index is 1.99. The molecule has 4 heteroatoms. The van der Waals surface area contributed by atoms with Gasteiger partial charge in [-0.2, -0.15) is 0 Å². The molecule has 0 saturated heterocycles. The van der Waals surface area contributed by atoms with Crippen LogP contribution in [-0.4, -0.2) is 18.6 Å². The molecule has 0 aliphatic rings. The summed E-state index contributed by atoms with van der Waals surface area (Å²) in [6, 6.07) is 15.1. The van der Waals surface area contributed by atoms with Crippen LogP contribution in [0.2, 0.25) is 0 Å². The maximum Gasteiger partial charge on any atom is 0.265 e. The minimum atomic E-state index is -0.630. The van der Waals surface area contributed by atoms with Crippen molar-refractivity contribution in [3.8, 4) is 11.5 Å². The first kappa shape index (κ1) is 19.6. The van der Waals surface area contributed by atoms with Crippen molar-refractivity contribution in [1.82, 2.24) is 0 Å². The fraction of sp³-hybridized carbons (Fsp3) is 0.318. The Labute approximate surface area is 155 Å². The van der Waals surface area contributed by atoms with E-state index in [2.05, 4.69) is 25.7 Å². The van der Waals surface area contributed by atoms with Gasteiger partial charge in [0.05, 0.1) is 5.69 Å². The third kappa shape index (κ3) is 5.66. The molecule has 1 unspecified atom stereocenters. The van der Waals surface area contributed by atoms with Crippen LogP contribution in [0.5, 0.6) is 11.5 Å². The van der Waals surface area contributed by atoms with Gasteiger partial charge in [-0.05, 0) is 55.2 Å². The van der Waals surface area contributed by atoms with Crippen molar-refractivity contribution in [2.75, 3.05) is 11.9 Å². The van der Waals surface area contributed by atoms with E-state index in [9.17, 15) is 4.79 Å². The second-order valence-corrected chi connectivity index (χ2v) is 6.72. The van der Waals surface area contributed by atoms with Crippen molar-refractivity contribution in [2.24, 2.45) is 0 Å². The Kier molecular flexibility index (Phi) is 6.84. The van der Waals surface area contributed by atoms with E-state index in [0.717, 1.165) is 5.57 Å². The fourth-order valence-corrected chi connectivity index (χ4v) is 2.32. The lowest BCUT2D eigenvalue weighted by Gasteiger charge is -2.17. The minimum absolute atomic E-state index is 0.232. The molecule has 1 amide bonds. The van der Waals surface area contributed by atoms with E-state index in [-0.39, 0.29) is 5.91 Å². The van der Waals surface area contributed by atoms with Gasteiger partial charge in [0.1, 0.15) is 18.1 Å². The van der Waals surface area contributed by atoms with E-state index in [0.29, 0.717) is 29.7 Å². The number of carbonyl (C=O) groups excluding carboxylic acids is 1. The number of anilines is 1. The number of hydrogen-bond donors (Lipinski definition) is 1. The maximum absolute atomic E-state index is 12.5. The first-order chi connectivity index (χ1) is 12.4. The van der Waals surface area contributed by atoms with E-state index < -0.39 is 6.10 Å². The van der Waals surface area contributed by atoms with Crippen LogP contribution >= 0.6 is 0 Å². The standard InChI is InChI=1S/C22H27NO3/c1-15(2)14-25-21-9-7-6-8-20(21)23-22(24)17(5)26-19-12-10-18(11-13-19)16(3)4/h6-13,16-17H,1,14H2,2-5H3,(H,23,24). The second kappa shape index (κ2) is 9.09. The summed E-state index contributed by atoms with van der Waals surface area (Å²) >= 11 is 0. The molecule has 0 radical (unpaired) electrons. The van der Waals surface area contributed by atoms with Gasteiger partial charge in [0.2, 0.25) is 0 Å². The molecule has 2 aromatic carbocycles. The van der Waals surface area contributed by atoms with Gasteiger partial charge < -0.3 is 14.8 Å². The largest absolute Gasteiger partial charge is 0.487 e. The number of ether oxygens (including phenoxy) is 2. The Hall–Kier alpha value is -2.75. The van der Waals surface area contributed by atoms with E-state index in [1.54, 1.807) is 13.0 Å². The SMILES string of the molecule is C=C(C)COc1ccccc1NC(=O)C(C)Oc1ccc(C(C)C)cc1. The van der Waals surface area contributed by atoms with Crippen molar-refractivity contribution < 1.29 is 14.3 Å². The van der Waals surface area contributed by atoms with Crippen molar-refractivity contribution in [2.45, 2.75) is 39.7 Å². The van der Waals surface area contributed by atoms with Gasteiger partial charge in [0.25, 0.3) is 5.91 Å². The summed E-state index contributed by atoms with van der Waals surface area (Å²) in [6.07, 6.45) is -0.630. The van der Waals surface area contributed by atoms with Crippen LogP contribution in [0.3, 0.4) is 0 Å². The van der Waals surface area contributed by atoms with Crippen LogP contribution in [-0.2, 0) is 4.79 Å². The highest BCUT2D eigenvalue weighted by atomic mass is 16.5. The van der Waals surface area contributed by atoms with Gasteiger partial charge in [0.15, 0.2) is 6.10 Å². The van der Waals surface area contributed by atoms with Crippen molar-refractivity contribution in [3.63, 3.8) is 0 Å². The number of rotatable bonds is 8. The molecular formula is C22H27NO3. The smallest absolute Gasteiger partial charge is 0.265 e. The van der Waals surface area contributed by atoms with Crippen LogP contribution < -0.4 is 14.8 Å². The zero-order valence-corrected chi connectivity index (χ0v) is 15.9. The third-order valence-corrected chi connectivity index (χ3v) is 3.85. The number of para-hydroxylation sites is 2. The van der Waals surface area contributed by atoms with E-state index in [4.69, 9.17) is 9.47 Å². The average Bonchev–Trinajstić information content (AvgIpc) is 2.61. The lowest BCUT2D eigenvalue weighted by molar-refractivity contribution is -0.122. The molecule has 2 aromatic rings. The summed E-state index contributed by atoms with van der Waals surface area (Å²) in [4.78, 5) is 12.5. The fourth-order valence-electron chi connectivity index (χ4n) is 2.32. The highest BCUT2D eigenvalue weighted by Crippen LogP contribution is 2.25. The first-order valence-electron chi connectivity index (χ1n) is 8.80. The predicted octanol–water partition coefficient (Wildman–Crippen LogP) is 5.17. The Morgan fingerprint density at radius 3 is 2.35 bits per heavy atom. The molecule has 26 heavy (non-hydrogen) atoms. The molecule has 2 rings (SSSR count). The first-order valence-corrected chi connectivity index (χ1v) is 8.80. The van der Waals surface area contributed by atoms with E-state index >= 15 is 0 Å². The molecule has 0 saturated carbocycles. The molecule has 0 aliphatic carbocycles. The molecule has 0 spiro atoms. The molecule has 0 heterocycles. The van der Waals surface area contributed by atoms with Crippen LogP contribution in [0.15, 0.2) is 60.7 Å². The number of nitrogens with one attached hydrogen (secondary N) is 1. The maximum atomic E-state index is 12.5. The molecule has 0 bridgehead atoms. The van der Waals surface area contributed by atoms with Crippen LogP contribution in [0, 0.1) is 0 Å². The average molecular weight is 353 g/mol. The lowest BCUT2D eigenvalue weighted by atomic mass is 10.0. The topological polar surface area (TPSA) is 47.6 Å². The summed E-state index contributed by atoms with van der Waals surface area (Å²) < 4.78 is 11.4. The van der Waals surface area contributed by atoms with Gasteiger partial charge in [-0.1, -0.05) is 44.7 Å².